The summed E-state index contributed by atoms with van der Waals surface area (Å²) in [6.07, 6.45) is 1.14. The van der Waals surface area contributed by atoms with Crippen molar-refractivity contribution in [1.82, 2.24) is 9.21 Å². The van der Waals surface area contributed by atoms with E-state index >= 15 is 0 Å². The Balaban J connectivity index is 1.59. The standard InChI is InChI=1S/C20H26N2O3S2/c1-15-6-7-18(16(2)13-15)14-21(3)20(23)17-8-10-22(11-9-17)27(24,25)19-5-4-12-26-19/h4-7,12-13,17H,8-11,14H2,1-3H3. The Hall–Kier alpha value is -1.70. The molecule has 1 aromatic carbocycles. The highest BCUT2D eigenvalue weighted by atomic mass is 32.2. The fourth-order valence-corrected chi connectivity index (χ4v) is 6.16. The van der Waals surface area contributed by atoms with E-state index < -0.39 is 10.0 Å². The molecule has 1 aromatic heterocycles. The first-order valence-corrected chi connectivity index (χ1v) is 11.5. The van der Waals surface area contributed by atoms with Crippen LogP contribution in [0.1, 0.15) is 29.5 Å². The second kappa shape index (κ2) is 8.12. The smallest absolute Gasteiger partial charge is 0.252 e. The van der Waals surface area contributed by atoms with E-state index in [-0.39, 0.29) is 11.8 Å². The molecule has 0 unspecified atom stereocenters. The van der Waals surface area contributed by atoms with Crippen molar-refractivity contribution in [3.8, 4) is 0 Å². The van der Waals surface area contributed by atoms with E-state index in [1.807, 2.05) is 7.05 Å². The highest BCUT2D eigenvalue weighted by Gasteiger charge is 2.33. The van der Waals surface area contributed by atoms with Gasteiger partial charge in [0, 0.05) is 32.6 Å². The third kappa shape index (κ3) is 4.42. The zero-order valence-electron chi connectivity index (χ0n) is 16.0. The third-order valence-electron chi connectivity index (χ3n) is 5.17. The monoisotopic (exact) mass is 406 g/mol. The molecule has 27 heavy (non-hydrogen) atoms. The molecule has 0 spiro atoms. The average Bonchev–Trinajstić information content (AvgIpc) is 3.19. The maximum Gasteiger partial charge on any atom is 0.252 e. The summed E-state index contributed by atoms with van der Waals surface area (Å²) in [4.78, 5) is 14.6. The van der Waals surface area contributed by atoms with Gasteiger partial charge in [0.2, 0.25) is 5.91 Å². The molecule has 0 radical (unpaired) electrons. The van der Waals surface area contributed by atoms with E-state index in [1.54, 1.807) is 22.4 Å². The van der Waals surface area contributed by atoms with Gasteiger partial charge in [0.25, 0.3) is 10.0 Å². The van der Waals surface area contributed by atoms with Gasteiger partial charge in [-0.15, -0.1) is 11.3 Å². The fraction of sp³-hybridized carbons (Fsp3) is 0.450. The molecule has 1 saturated heterocycles. The van der Waals surface area contributed by atoms with Crippen LogP contribution in [0.15, 0.2) is 39.9 Å². The highest BCUT2D eigenvalue weighted by Crippen LogP contribution is 2.27. The topological polar surface area (TPSA) is 57.7 Å². The summed E-state index contributed by atoms with van der Waals surface area (Å²) in [6.45, 7) is 5.50. The summed E-state index contributed by atoms with van der Waals surface area (Å²) < 4.78 is 27.1. The first-order chi connectivity index (χ1) is 12.8. The van der Waals surface area contributed by atoms with Crippen LogP contribution in [0.2, 0.25) is 0 Å². The minimum absolute atomic E-state index is 0.100. The lowest BCUT2D eigenvalue weighted by atomic mass is 9.96. The molecule has 1 amide bonds. The fourth-order valence-electron chi connectivity index (χ4n) is 3.55. The van der Waals surface area contributed by atoms with Gasteiger partial charge >= 0.3 is 0 Å². The Morgan fingerprint density at radius 3 is 2.52 bits per heavy atom. The van der Waals surface area contributed by atoms with Crippen LogP contribution in [0, 0.1) is 19.8 Å². The Bertz CT molecular complexity index is 899. The van der Waals surface area contributed by atoms with Crippen LogP contribution >= 0.6 is 11.3 Å². The first kappa shape index (κ1) is 20.0. The lowest BCUT2D eigenvalue weighted by Crippen LogP contribution is -2.43. The van der Waals surface area contributed by atoms with Crippen LogP contribution in [0.4, 0.5) is 0 Å². The molecular formula is C20H26N2O3S2. The summed E-state index contributed by atoms with van der Waals surface area (Å²) in [7, 11) is -1.59. The van der Waals surface area contributed by atoms with Crippen LogP contribution < -0.4 is 0 Å². The molecule has 2 aromatic rings. The Labute approximate surface area is 165 Å². The van der Waals surface area contributed by atoms with Crippen LogP contribution in [-0.2, 0) is 21.4 Å². The second-order valence-electron chi connectivity index (χ2n) is 7.23. The number of benzene rings is 1. The minimum Gasteiger partial charge on any atom is -0.341 e. The number of hydrogen-bond acceptors (Lipinski definition) is 4. The molecule has 7 heteroatoms. The number of nitrogens with zero attached hydrogens (tertiary/aromatic N) is 2. The summed E-state index contributed by atoms with van der Waals surface area (Å²) >= 11 is 1.23. The molecule has 1 aliphatic heterocycles. The minimum atomic E-state index is -3.42. The lowest BCUT2D eigenvalue weighted by Gasteiger charge is -2.32. The van der Waals surface area contributed by atoms with E-state index in [1.165, 1.54) is 26.8 Å². The van der Waals surface area contributed by atoms with Gasteiger partial charge in [0.1, 0.15) is 4.21 Å². The molecule has 0 bridgehead atoms. The predicted molar refractivity (Wildman–Crippen MR) is 108 cm³/mol. The Morgan fingerprint density at radius 2 is 1.93 bits per heavy atom. The van der Waals surface area contributed by atoms with E-state index in [0.29, 0.717) is 36.7 Å². The third-order valence-corrected chi connectivity index (χ3v) is 8.45. The number of aryl methyl sites for hydroxylation is 2. The molecule has 0 N–H and O–H groups in total. The van der Waals surface area contributed by atoms with Crippen LogP contribution in [-0.4, -0.2) is 43.7 Å². The van der Waals surface area contributed by atoms with E-state index in [2.05, 4.69) is 32.0 Å². The van der Waals surface area contributed by atoms with Gasteiger partial charge in [-0.25, -0.2) is 8.42 Å². The quantitative estimate of drug-likeness (QED) is 0.764. The first-order valence-electron chi connectivity index (χ1n) is 9.14. The maximum absolute atomic E-state index is 12.8. The summed E-state index contributed by atoms with van der Waals surface area (Å²) in [6, 6.07) is 9.64. The molecule has 0 saturated carbocycles. The number of hydrogen-bond donors (Lipinski definition) is 0. The van der Waals surface area contributed by atoms with Gasteiger partial charge in [-0.1, -0.05) is 29.8 Å². The van der Waals surface area contributed by atoms with Gasteiger partial charge in [-0.3, -0.25) is 4.79 Å². The predicted octanol–water partition coefficient (Wildman–Crippen LogP) is 3.42. The average molecular weight is 407 g/mol. The largest absolute Gasteiger partial charge is 0.341 e. The van der Waals surface area contributed by atoms with Gasteiger partial charge in [0.15, 0.2) is 0 Å². The normalized spacial score (nSPS) is 16.4. The number of thiophene rings is 1. The van der Waals surface area contributed by atoms with Crippen molar-refractivity contribution in [2.24, 2.45) is 5.92 Å². The zero-order valence-corrected chi connectivity index (χ0v) is 17.6. The van der Waals surface area contributed by atoms with E-state index in [0.717, 1.165) is 5.56 Å². The Kier molecular flexibility index (Phi) is 6.03. The van der Waals surface area contributed by atoms with Gasteiger partial charge in [0.05, 0.1) is 0 Å². The number of carbonyl (C=O) groups is 1. The summed E-state index contributed by atoms with van der Waals surface area (Å²) in [5, 5.41) is 1.77. The molecule has 1 fully saturated rings. The second-order valence-corrected chi connectivity index (χ2v) is 10.3. The molecule has 0 atom stereocenters. The number of rotatable bonds is 5. The molecular weight excluding hydrogens is 380 g/mol. The molecule has 146 valence electrons. The van der Waals surface area contributed by atoms with Crippen molar-refractivity contribution in [3.63, 3.8) is 0 Å². The molecule has 0 aliphatic carbocycles. The number of sulfonamides is 1. The number of carbonyl (C=O) groups excluding carboxylic acids is 1. The Morgan fingerprint density at radius 1 is 1.22 bits per heavy atom. The molecule has 1 aliphatic rings. The van der Waals surface area contributed by atoms with Crippen LogP contribution in [0.25, 0.3) is 0 Å². The van der Waals surface area contributed by atoms with Crippen molar-refractivity contribution in [1.29, 1.82) is 0 Å². The van der Waals surface area contributed by atoms with Gasteiger partial charge in [-0.05, 0) is 49.3 Å². The van der Waals surface area contributed by atoms with E-state index in [9.17, 15) is 13.2 Å². The van der Waals surface area contributed by atoms with Gasteiger partial charge in [-0.2, -0.15) is 4.31 Å². The highest BCUT2D eigenvalue weighted by molar-refractivity contribution is 7.91. The van der Waals surface area contributed by atoms with E-state index in [4.69, 9.17) is 0 Å². The summed E-state index contributed by atoms with van der Waals surface area (Å²) in [5.41, 5.74) is 3.55. The van der Waals surface area contributed by atoms with Crippen molar-refractivity contribution >= 4 is 27.3 Å². The SMILES string of the molecule is Cc1ccc(CN(C)C(=O)C2CCN(S(=O)(=O)c3cccs3)CC2)c(C)c1. The van der Waals surface area contributed by atoms with Crippen molar-refractivity contribution < 1.29 is 13.2 Å². The maximum atomic E-state index is 12.8. The summed E-state index contributed by atoms with van der Waals surface area (Å²) in [5.74, 6) is -0.0151. The van der Waals surface area contributed by atoms with Crippen molar-refractivity contribution in [2.45, 2.75) is 37.4 Å². The van der Waals surface area contributed by atoms with Crippen LogP contribution in [0.3, 0.4) is 0 Å². The van der Waals surface area contributed by atoms with Crippen LogP contribution in [0.5, 0.6) is 0 Å². The zero-order chi connectivity index (χ0) is 19.6. The lowest BCUT2D eigenvalue weighted by molar-refractivity contribution is -0.135. The van der Waals surface area contributed by atoms with Crippen molar-refractivity contribution in [3.05, 3.63) is 52.4 Å². The number of amides is 1. The molecule has 3 rings (SSSR count). The van der Waals surface area contributed by atoms with Crippen molar-refractivity contribution in [2.75, 3.05) is 20.1 Å². The van der Waals surface area contributed by atoms with Gasteiger partial charge < -0.3 is 4.90 Å². The number of piperidine rings is 1. The molecule has 5 nitrogen and oxygen atoms in total. The molecule has 2 heterocycles.